The van der Waals surface area contributed by atoms with E-state index >= 15 is 0 Å². The predicted molar refractivity (Wildman–Crippen MR) is 82.6 cm³/mol. The van der Waals surface area contributed by atoms with Gasteiger partial charge in [-0.1, -0.05) is 43.6 Å². The number of nitrogens with zero attached hydrogens (tertiary/aromatic N) is 1. The van der Waals surface area contributed by atoms with E-state index in [1.165, 1.54) is 12.0 Å². The van der Waals surface area contributed by atoms with Gasteiger partial charge in [-0.15, -0.1) is 0 Å². The molecule has 2 nitrogen and oxygen atoms in total. The molecule has 1 aromatic rings. The highest BCUT2D eigenvalue weighted by atomic mass is 35.5. The fraction of sp³-hybridized carbons (Fsp3) is 0.625. The topological polar surface area (TPSA) is 15.3 Å². The summed E-state index contributed by atoms with van der Waals surface area (Å²) in [6.07, 6.45) is 1.24. The van der Waals surface area contributed by atoms with Crippen LogP contribution in [-0.4, -0.2) is 30.1 Å². The molecule has 0 bridgehead atoms. The lowest BCUT2D eigenvalue weighted by molar-refractivity contribution is 0.125. The molecule has 1 heterocycles. The number of hydrogen-bond acceptors (Lipinski definition) is 2. The molecule has 0 saturated carbocycles. The van der Waals surface area contributed by atoms with Crippen molar-refractivity contribution in [2.75, 3.05) is 13.1 Å². The Morgan fingerprint density at radius 2 is 2.11 bits per heavy atom. The second-order valence-corrected chi connectivity index (χ2v) is 6.51. The van der Waals surface area contributed by atoms with Crippen molar-refractivity contribution in [2.24, 2.45) is 5.92 Å². The highest BCUT2D eigenvalue weighted by molar-refractivity contribution is 6.31. The van der Waals surface area contributed by atoms with Crippen LogP contribution in [0.25, 0.3) is 0 Å². The molecule has 1 aliphatic heterocycles. The predicted octanol–water partition coefficient (Wildman–Crippen LogP) is 3.55. The van der Waals surface area contributed by atoms with Gasteiger partial charge < -0.3 is 5.32 Å². The first-order valence-electron chi connectivity index (χ1n) is 7.27. The molecule has 0 radical (unpaired) electrons. The van der Waals surface area contributed by atoms with Crippen LogP contribution in [0.2, 0.25) is 5.02 Å². The van der Waals surface area contributed by atoms with Crippen LogP contribution < -0.4 is 5.32 Å². The first-order valence-corrected chi connectivity index (χ1v) is 7.65. The average molecular weight is 281 g/mol. The molecule has 0 spiro atoms. The molecule has 1 aromatic carbocycles. The second-order valence-electron chi connectivity index (χ2n) is 6.10. The molecule has 1 saturated heterocycles. The number of benzene rings is 1. The summed E-state index contributed by atoms with van der Waals surface area (Å²) >= 11 is 6.27. The van der Waals surface area contributed by atoms with Crippen LogP contribution in [0, 0.1) is 5.92 Å². The Bertz CT molecular complexity index is 405. The van der Waals surface area contributed by atoms with Gasteiger partial charge in [0.15, 0.2) is 0 Å². The Labute approximate surface area is 122 Å². The molecular weight excluding hydrogens is 256 g/mol. The fourth-order valence-corrected chi connectivity index (χ4v) is 2.98. The van der Waals surface area contributed by atoms with E-state index in [4.69, 9.17) is 11.6 Å². The first kappa shape index (κ1) is 14.8. The molecular formula is C16H25ClN2. The van der Waals surface area contributed by atoms with E-state index in [1.807, 2.05) is 12.1 Å². The van der Waals surface area contributed by atoms with E-state index in [0.717, 1.165) is 30.6 Å². The molecule has 0 amide bonds. The average Bonchev–Trinajstić information content (AvgIpc) is 2.35. The molecule has 106 valence electrons. The summed E-state index contributed by atoms with van der Waals surface area (Å²) in [5, 5.41) is 4.54. The zero-order valence-electron chi connectivity index (χ0n) is 12.2. The SMILES string of the molecule is CC(C)CC1CN(Cc2ccccc2Cl)C(C)CN1. The molecule has 0 aromatic heterocycles. The number of piperazine rings is 1. The van der Waals surface area contributed by atoms with Crippen LogP contribution in [0.15, 0.2) is 24.3 Å². The summed E-state index contributed by atoms with van der Waals surface area (Å²) in [4.78, 5) is 2.55. The maximum absolute atomic E-state index is 6.27. The van der Waals surface area contributed by atoms with Crippen molar-refractivity contribution in [3.63, 3.8) is 0 Å². The molecule has 1 N–H and O–H groups in total. The van der Waals surface area contributed by atoms with Gasteiger partial charge in [-0.3, -0.25) is 4.90 Å². The van der Waals surface area contributed by atoms with Crippen LogP contribution in [-0.2, 0) is 6.54 Å². The zero-order valence-corrected chi connectivity index (χ0v) is 13.0. The summed E-state index contributed by atoms with van der Waals surface area (Å²) in [7, 11) is 0. The lowest BCUT2D eigenvalue weighted by Gasteiger charge is -2.39. The number of hydrogen-bond donors (Lipinski definition) is 1. The third kappa shape index (κ3) is 4.20. The molecule has 2 atom stereocenters. The quantitative estimate of drug-likeness (QED) is 0.907. The van der Waals surface area contributed by atoms with Crippen molar-refractivity contribution in [1.29, 1.82) is 0 Å². The Morgan fingerprint density at radius 3 is 2.79 bits per heavy atom. The normalized spacial score (nSPS) is 24.9. The Morgan fingerprint density at radius 1 is 1.37 bits per heavy atom. The van der Waals surface area contributed by atoms with Gasteiger partial charge in [0.05, 0.1) is 0 Å². The lowest BCUT2D eigenvalue weighted by Crippen LogP contribution is -2.55. The maximum Gasteiger partial charge on any atom is 0.0451 e. The van der Waals surface area contributed by atoms with Crippen LogP contribution in [0.5, 0.6) is 0 Å². The third-order valence-electron chi connectivity index (χ3n) is 3.87. The van der Waals surface area contributed by atoms with Crippen molar-refractivity contribution >= 4 is 11.6 Å². The minimum absolute atomic E-state index is 0.569. The molecule has 2 unspecified atom stereocenters. The van der Waals surface area contributed by atoms with Gasteiger partial charge in [-0.05, 0) is 30.9 Å². The van der Waals surface area contributed by atoms with Gasteiger partial charge in [0.2, 0.25) is 0 Å². The Balaban J connectivity index is 1.99. The zero-order chi connectivity index (χ0) is 13.8. The van der Waals surface area contributed by atoms with Crippen molar-refractivity contribution in [3.05, 3.63) is 34.9 Å². The van der Waals surface area contributed by atoms with Crippen molar-refractivity contribution in [3.8, 4) is 0 Å². The largest absolute Gasteiger partial charge is 0.311 e. The highest BCUT2D eigenvalue weighted by Gasteiger charge is 2.25. The molecule has 0 aliphatic carbocycles. The van der Waals surface area contributed by atoms with E-state index in [2.05, 4.69) is 43.1 Å². The third-order valence-corrected chi connectivity index (χ3v) is 4.24. The number of rotatable bonds is 4. The molecule has 1 aliphatic rings. The van der Waals surface area contributed by atoms with E-state index in [9.17, 15) is 0 Å². The second kappa shape index (κ2) is 6.74. The molecule has 3 heteroatoms. The first-order chi connectivity index (χ1) is 9.06. The minimum atomic E-state index is 0.569. The minimum Gasteiger partial charge on any atom is -0.311 e. The summed E-state index contributed by atoms with van der Waals surface area (Å²) in [5.41, 5.74) is 1.24. The maximum atomic E-state index is 6.27. The Kier molecular flexibility index (Phi) is 5.26. The highest BCUT2D eigenvalue weighted by Crippen LogP contribution is 2.20. The van der Waals surface area contributed by atoms with Crippen LogP contribution in [0.4, 0.5) is 0 Å². The van der Waals surface area contributed by atoms with Gasteiger partial charge in [0.1, 0.15) is 0 Å². The molecule has 1 fully saturated rings. The van der Waals surface area contributed by atoms with Crippen molar-refractivity contribution in [1.82, 2.24) is 10.2 Å². The summed E-state index contributed by atoms with van der Waals surface area (Å²) in [6, 6.07) is 9.36. The summed E-state index contributed by atoms with van der Waals surface area (Å²) in [6.45, 7) is 10.0. The Hall–Kier alpha value is -0.570. The summed E-state index contributed by atoms with van der Waals surface area (Å²) in [5.74, 6) is 0.744. The van der Waals surface area contributed by atoms with Crippen LogP contribution >= 0.6 is 11.6 Å². The van der Waals surface area contributed by atoms with E-state index in [-0.39, 0.29) is 0 Å². The monoisotopic (exact) mass is 280 g/mol. The molecule has 2 rings (SSSR count). The van der Waals surface area contributed by atoms with Crippen LogP contribution in [0.3, 0.4) is 0 Å². The van der Waals surface area contributed by atoms with E-state index < -0.39 is 0 Å². The van der Waals surface area contributed by atoms with Crippen molar-refractivity contribution in [2.45, 2.75) is 45.8 Å². The van der Waals surface area contributed by atoms with Crippen molar-refractivity contribution < 1.29 is 0 Å². The number of nitrogens with one attached hydrogen (secondary N) is 1. The van der Waals surface area contributed by atoms with Gasteiger partial charge in [0, 0.05) is 36.7 Å². The van der Waals surface area contributed by atoms with E-state index in [1.54, 1.807) is 0 Å². The molecule has 19 heavy (non-hydrogen) atoms. The smallest absolute Gasteiger partial charge is 0.0451 e. The van der Waals surface area contributed by atoms with Gasteiger partial charge in [-0.25, -0.2) is 0 Å². The summed E-state index contributed by atoms with van der Waals surface area (Å²) < 4.78 is 0. The lowest BCUT2D eigenvalue weighted by atomic mass is 9.99. The number of halogens is 1. The van der Waals surface area contributed by atoms with Gasteiger partial charge >= 0.3 is 0 Å². The van der Waals surface area contributed by atoms with Gasteiger partial charge in [-0.2, -0.15) is 0 Å². The van der Waals surface area contributed by atoms with Crippen LogP contribution in [0.1, 0.15) is 32.8 Å². The standard InChI is InChI=1S/C16H25ClN2/c1-12(2)8-15-11-19(13(3)9-18-15)10-14-6-4-5-7-16(14)17/h4-7,12-13,15,18H,8-11H2,1-3H3. The van der Waals surface area contributed by atoms with Gasteiger partial charge in [0.25, 0.3) is 0 Å². The van der Waals surface area contributed by atoms with E-state index in [0.29, 0.717) is 12.1 Å². The fourth-order valence-electron chi connectivity index (χ4n) is 2.79.